The molecule has 0 unspecified atom stereocenters. The van der Waals surface area contributed by atoms with Crippen molar-refractivity contribution >= 4 is 16.8 Å². The van der Waals surface area contributed by atoms with Crippen molar-refractivity contribution in [3.63, 3.8) is 0 Å². The molecule has 4 rings (SSSR count). The second-order valence-electron chi connectivity index (χ2n) is 7.93. The number of nitrogens with zero attached hydrogens (tertiary/aromatic N) is 4. The summed E-state index contributed by atoms with van der Waals surface area (Å²) in [5.41, 5.74) is 2.54. The van der Waals surface area contributed by atoms with Gasteiger partial charge >= 0.3 is 0 Å². The van der Waals surface area contributed by atoms with Crippen LogP contribution in [0.3, 0.4) is 0 Å². The fourth-order valence-corrected chi connectivity index (χ4v) is 3.94. The highest BCUT2D eigenvalue weighted by Gasteiger charge is 2.23. The molecule has 0 radical (unpaired) electrons. The zero-order valence-corrected chi connectivity index (χ0v) is 18.1. The highest BCUT2D eigenvalue weighted by atomic mass is 16.5. The Hall–Kier alpha value is -3.03. The molecule has 1 aromatic heterocycles. The van der Waals surface area contributed by atoms with Crippen LogP contribution < -0.4 is 5.56 Å². The minimum absolute atomic E-state index is 0.0363. The Labute approximate surface area is 181 Å². The molecular weight excluding hydrogens is 392 g/mol. The maximum atomic E-state index is 13.0. The summed E-state index contributed by atoms with van der Waals surface area (Å²) in [7, 11) is 1.63. The van der Waals surface area contributed by atoms with E-state index in [-0.39, 0.29) is 11.5 Å². The van der Waals surface area contributed by atoms with Crippen LogP contribution in [0, 0.1) is 6.92 Å². The van der Waals surface area contributed by atoms with E-state index in [1.54, 1.807) is 11.7 Å². The molecule has 0 N–H and O–H groups in total. The maximum absolute atomic E-state index is 13.0. The van der Waals surface area contributed by atoms with Crippen LogP contribution in [0.15, 0.2) is 53.3 Å². The zero-order valence-electron chi connectivity index (χ0n) is 18.1. The number of aromatic nitrogens is 2. The molecule has 0 bridgehead atoms. The van der Waals surface area contributed by atoms with Crippen LogP contribution in [0.1, 0.15) is 21.7 Å². The van der Waals surface area contributed by atoms with Gasteiger partial charge in [-0.1, -0.05) is 29.8 Å². The highest BCUT2D eigenvalue weighted by molar-refractivity contribution is 5.94. The van der Waals surface area contributed by atoms with E-state index in [0.717, 1.165) is 30.0 Å². The predicted molar refractivity (Wildman–Crippen MR) is 120 cm³/mol. The molecule has 0 saturated carbocycles. The van der Waals surface area contributed by atoms with E-state index in [4.69, 9.17) is 9.72 Å². The Bertz CT molecular complexity index is 1120. The molecule has 1 aliphatic rings. The third kappa shape index (κ3) is 4.68. The summed E-state index contributed by atoms with van der Waals surface area (Å²) in [5.74, 6) is 0.805. The number of piperazine rings is 1. The fourth-order valence-electron chi connectivity index (χ4n) is 3.94. The average Bonchev–Trinajstić information content (AvgIpc) is 2.79. The quantitative estimate of drug-likeness (QED) is 0.612. The number of carbonyl (C=O) groups is 1. The number of aryl methyl sites for hydroxylation is 1. The molecule has 162 valence electrons. The van der Waals surface area contributed by atoms with Crippen molar-refractivity contribution in [2.75, 3.05) is 39.9 Å². The summed E-state index contributed by atoms with van der Waals surface area (Å²) in [4.78, 5) is 34.7. The predicted octanol–water partition coefficient (Wildman–Crippen LogP) is 2.31. The number of para-hydroxylation sites is 1. The summed E-state index contributed by atoms with van der Waals surface area (Å²) in [6.45, 7) is 6.29. The molecule has 1 fully saturated rings. The number of methoxy groups -OCH3 is 1. The number of rotatable bonds is 6. The Balaban J connectivity index is 1.48. The van der Waals surface area contributed by atoms with Crippen LogP contribution in [0.25, 0.3) is 10.9 Å². The molecular formula is C24H28N4O3. The van der Waals surface area contributed by atoms with Crippen molar-refractivity contribution in [2.45, 2.75) is 20.0 Å². The van der Waals surface area contributed by atoms with Gasteiger partial charge in [0.2, 0.25) is 0 Å². The molecule has 0 atom stereocenters. The summed E-state index contributed by atoms with van der Waals surface area (Å²) in [6, 6.07) is 15.1. The van der Waals surface area contributed by atoms with E-state index in [1.807, 2.05) is 60.4 Å². The van der Waals surface area contributed by atoms with E-state index >= 15 is 0 Å². The molecule has 3 aromatic rings. The second kappa shape index (κ2) is 9.41. The zero-order chi connectivity index (χ0) is 21.8. The normalized spacial score (nSPS) is 14.8. The van der Waals surface area contributed by atoms with Crippen LogP contribution in [0.2, 0.25) is 0 Å². The molecule has 2 heterocycles. The van der Waals surface area contributed by atoms with Gasteiger partial charge in [-0.3, -0.25) is 19.1 Å². The number of fused-ring (bicyclic) bond motifs is 1. The second-order valence-corrected chi connectivity index (χ2v) is 7.93. The van der Waals surface area contributed by atoms with Gasteiger partial charge in [0.25, 0.3) is 11.5 Å². The van der Waals surface area contributed by atoms with Gasteiger partial charge in [-0.05, 0) is 31.2 Å². The third-order valence-corrected chi connectivity index (χ3v) is 5.78. The third-order valence-electron chi connectivity index (χ3n) is 5.78. The topological polar surface area (TPSA) is 67.7 Å². The first-order valence-electron chi connectivity index (χ1n) is 10.6. The lowest BCUT2D eigenvalue weighted by atomic mass is 10.1. The smallest absolute Gasteiger partial charge is 0.261 e. The van der Waals surface area contributed by atoms with Crippen LogP contribution in [0.4, 0.5) is 0 Å². The lowest BCUT2D eigenvalue weighted by molar-refractivity contribution is 0.0622. The van der Waals surface area contributed by atoms with E-state index < -0.39 is 0 Å². The van der Waals surface area contributed by atoms with Gasteiger partial charge in [0.05, 0.1) is 30.6 Å². The van der Waals surface area contributed by atoms with E-state index in [1.165, 1.54) is 0 Å². The van der Waals surface area contributed by atoms with Crippen LogP contribution in [0.5, 0.6) is 0 Å². The molecule has 0 spiro atoms. The Morgan fingerprint density at radius 2 is 1.74 bits per heavy atom. The van der Waals surface area contributed by atoms with Gasteiger partial charge in [0.1, 0.15) is 5.82 Å². The van der Waals surface area contributed by atoms with E-state index in [0.29, 0.717) is 43.7 Å². The number of amides is 1. The fraction of sp³-hybridized carbons (Fsp3) is 0.375. The van der Waals surface area contributed by atoms with Gasteiger partial charge in [-0.15, -0.1) is 0 Å². The van der Waals surface area contributed by atoms with Crippen LogP contribution in [-0.4, -0.2) is 65.2 Å². The minimum atomic E-state index is -0.0363. The lowest BCUT2D eigenvalue weighted by Gasteiger charge is -2.35. The molecule has 7 nitrogen and oxygen atoms in total. The summed E-state index contributed by atoms with van der Waals surface area (Å²) in [5, 5.41) is 0.621. The summed E-state index contributed by atoms with van der Waals surface area (Å²) in [6.07, 6.45) is 0. The van der Waals surface area contributed by atoms with Gasteiger partial charge in [0.15, 0.2) is 0 Å². The monoisotopic (exact) mass is 420 g/mol. The van der Waals surface area contributed by atoms with Crippen molar-refractivity contribution in [2.24, 2.45) is 0 Å². The number of carbonyl (C=O) groups excluding carboxylic acids is 1. The first kappa shape index (κ1) is 21.2. The van der Waals surface area contributed by atoms with Crippen molar-refractivity contribution in [1.82, 2.24) is 19.4 Å². The molecule has 2 aromatic carbocycles. The lowest BCUT2D eigenvalue weighted by Crippen LogP contribution is -2.48. The maximum Gasteiger partial charge on any atom is 0.261 e. The molecule has 1 saturated heterocycles. The summed E-state index contributed by atoms with van der Waals surface area (Å²) >= 11 is 0. The minimum Gasteiger partial charge on any atom is -0.383 e. The standard InChI is InChI=1S/C24H28N4O3/c1-18-7-9-19(10-8-18)23(29)27-13-11-26(12-14-27)17-22-25-21-6-4-3-5-20(21)24(30)28(22)15-16-31-2/h3-10H,11-17H2,1-2H3. The van der Waals surface area contributed by atoms with Crippen molar-refractivity contribution in [3.05, 3.63) is 75.8 Å². The van der Waals surface area contributed by atoms with E-state index in [9.17, 15) is 9.59 Å². The van der Waals surface area contributed by atoms with Crippen LogP contribution >= 0.6 is 0 Å². The molecule has 1 amide bonds. The van der Waals surface area contributed by atoms with Gasteiger partial charge in [-0.25, -0.2) is 4.98 Å². The van der Waals surface area contributed by atoms with Crippen molar-refractivity contribution in [1.29, 1.82) is 0 Å². The van der Waals surface area contributed by atoms with Crippen molar-refractivity contribution < 1.29 is 9.53 Å². The van der Waals surface area contributed by atoms with E-state index in [2.05, 4.69) is 4.90 Å². The molecule has 0 aliphatic carbocycles. The van der Waals surface area contributed by atoms with Crippen molar-refractivity contribution in [3.8, 4) is 0 Å². The SMILES string of the molecule is COCCn1c(CN2CCN(C(=O)c3ccc(C)cc3)CC2)nc2ccccc2c1=O. The number of ether oxygens (including phenoxy) is 1. The molecule has 7 heteroatoms. The molecule has 1 aliphatic heterocycles. The number of benzene rings is 2. The first-order valence-corrected chi connectivity index (χ1v) is 10.6. The van der Waals surface area contributed by atoms with Gasteiger partial charge in [-0.2, -0.15) is 0 Å². The number of hydrogen-bond acceptors (Lipinski definition) is 5. The summed E-state index contributed by atoms with van der Waals surface area (Å²) < 4.78 is 6.92. The highest BCUT2D eigenvalue weighted by Crippen LogP contribution is 2.14. The Kier molecular flexibility index (Phi) is 6.44. The van der Waals surface area contributed by atoms with Gasteiger partial charge < -0.3 is 9.64 Å². The largest absolute Gasteiger partial charge is 0.383 e. The Morgan fingerprint density at radius 3 is 2.45 bits per heavy atom. The molecule has 31 heavy (non-hydrogen) atoms. The Morgan fingerprint density at radius 1 is 1.03 bits per heavy atom. The van der Waals surface area contributed by atoms with Gasteiger partial charge in [0, 0.05) is 38.9 Å². The number of hydrogen-bond donors (Lipinski definition) is 0. The first-order chi connectivity index (χ1) is 15.1. The average molecular weight is 421 g/mol. The van der Waals surface area contributed by atoms with Crippen LogP contribution in [-0.2, 0) is 17.8 Å².